The number of phenols is 1. The van der Waals surface area contributed by atoms with E-state index in [1.807, 2.05) is 19.1 Å². The van der Waals surface area contributed by atoms with Gasteiger partial charge in [0.15, 0.2) is 0 Å². The van der Waals surface area contributed by atoms with Crippen LogP contribution in [0.4, 0.5) is 0 Å². The first-order valence-corrected chi connectivity index (χ1v) is 8.47. The molecule has 2 aliphatic rings. The maximum Gasteiger partial charge on any atom is 0.115 e. The van der Waals surface area contributed by atoms with Gasteiger partial charge < -0.3 is 10.2 Å². The number of benzene rings is 1. The smallest absolute Gasteiger partial charge is 0.115 e. The first-order valence-electron chi connectivity index (χ1n) is 8.47. The minimum absolute atomic E-state index is 0.0599. The van der Waals surface area contributed by atoms with Crippen molar-refractivity contribution in [3.63, 3.8) is 0 Å². The Kier molecular flexibility index (Phi) is 3.77. The van der Waals surface area contributed by atoms with Crippen LogP contribution in [-0.2, 0) is 6.42 Å². The Bertz CT molecular complexity index is 522. The fourth-order valence-corrected chi connectivity index (χ4v) is 5.20. The fourth-order valence-electron chi connectivity index (χ4n) is 5.20. The van der Waals surface area contributed by atoms with E-state index < -0.39 is 0 Å². The lowest BCUT2D eigenvalue weighted by Gasteiger charge is -2.53. The number of aliphatic hydroxyl groups is 1. The number of aliphatic hydroxyl groups excluding tert-OH is 1. The molecule has 1 aromatic rings. The molecule has 5 unspecified atom stereocenters. The van der Waals surface area contributed by atoms with Gasteiger partial charge in [-0.15, -0.1) is 0 Å². The van der Waals surface area contributed by atoms with Crippen molar-refractivity contribution >= 4 is 0 Å². The van der Waals surface area contributed by atoms with Crippen LogP contribution in [0.15, 0.2) is 18.2 Å². The highest BCUT2D eigenvalue weighted by atomic mass is 16.3. The largest absolute Gasteiger partial charge is 0.508 e. The van der Waals surface area contributed by atoms with Gasteiger partial charge in [0.25, 0.3) is 0 Å². The Morgan fingerprint density at radius 2 is 2.10 bits per heavy atom. The van der Waals surface area contributed by atoms with Crippen LogP contribution in [0.1, 0.15) is 63.5 Å². The van der Waals surface area contributed by atoms with Gasteiger partial charge in [-0.2, -0.15) is 0 Å². The van der Waals surface area contributed by atoms with Crippen molar-refractivity contribution in [1.82, 2.24) is 0 Å². The standard InChI is InChI=1S/C19H28O2/c1-4-18-17-7-5-13-11-14(21)6-8-15(13)16(17)9-10-19(18,3)12(2)20/h6,8,11-12,16-18,20-21H,4-5,7,9-10H2,1-3H3. The highest BCUT2D eigenvalue weighted by molar-refractivity contribution is 5.40. The van der Waals surface area contributed by atoms with Gasteiger partial charge in [0, 0.05) is 0 Å². The molecule has 0 saturated heterocycles. The molecular weight excluding hydrogens is 260 g/mol. The summed E-state index contributed by atoms with van der Waals surface area (Å²) in [7, 11) is 0. The van der Waals surface area contributed by atoms with Gasteiger partial charge in [0.1, 0.15) is 5.75 Å². The fraction of sp³-hybridized carbons (Fsp3) is 0.684. The lowest BCUT2D eigenvalue weighted by Crippen LogP contribution is -2.47. The molecular formula is C19H28O2. The van der Waals surface area contributed by atoms with E-state index in [9.17, 15) is 10.2 Å². The van der Waals surface area contributed by atoms with Crippen LogP contribution < -0.4 is 0 Å². The number of aryl methyl sites for hydroxylation is 1. The number of fused-ring (bicyclic) bond motifs is 3. The summed E-state index contributed by atoms with van der Waals surface area (Å²) in [6.07, 6.45) is 5.45. The van der Waals surface area contributed by atoms with Crippen LogP contribution in [0.2, 0.25) is 0 Å². The minimum Gasteiger partial charge on any atom is -0.508 e. The SMILES string of the molecule is CCC1C2CCc3cc(O)ccc3C2CCC1(C)C(C)O. The molecule has 0 amide bonds. The number of rotatable bonds is 2. The number of aromatic hydroxyl groups is 1. The lowest BCUT2D eigenvalue weighted by atomic mass is 9.52. The Hall–Kier alpha value is -1.02. The van der Waals surface area contributed by atoms with E-state index in [0.717, 1.165) is 19.3 Å². The normalized spacial score (nSPS) is 36.7. The molecule has 3 rings (SSSR count). The van der Waals surface area contributed by atoms with Gasteiger partial charge in [0.2, 0.25) is 0 Å². The molecule has 1 fully saturated rings. The molecule has 0 radical (unpaired) electrons. The monoisotopic (exact) mass is 288 g/mol. The van der Waals surface area contributed by atoms with Crippen LogP contribution in [0, 0.1) is 17.3 Å². The molecule has 2 heteroatoms. The highest BCUT2D eigenvalue weighted by Gasteiger charge is 2.49. The zero-order chi connectivity index (χ0) is 15.2. The van der Waals surface area contributed by atoms with E-state index in [-0.39, 0.29) is 11.5 Å². The molecule has 0 bridgehead atoms. The second kappa shape index (κ2) is 5.31. The lowest BCUT2D eigenvalue weighted by molar-refractivity contribution is -0.0613. The van der Waals surface area contributed by atoms with Gasteiger partial charge in [0.05, 0.1) is 6.10 Å². The van der Waals surface area contributed by atoms with Gasteiger partial charge in [-0.05, 0) is 79.0 Å². The third kappa shape index (κ3) is 2.28. The second-order valence-electron chi connectivity index (χ2n) is 7.43. The van der Waals surface area contributed by atoms with Crippen molar-refractivity contribution < 1.29 is 10.2 Å². The van der Waals surface area contributed by atoms with Crippen molar-refractivity contribution in [2.45, 2.75) is 64.9 Å². The quantitative estimate of drug-likeness (QED) is 0.854. The Balaban J connectivity index is 1.96. The summed E-state index contributed by atoms with van der Waals surface area (Å²) in [5, 5.41) is 20.0. The van der Waals surface area contributed by atoms with Crippen LogP contribution in [0.5, 0.6) is 5.75 Å². The Morgan fingerprint density at radius 1 is 1.33 bits per heavy atom. The summed E-state index contributed by atoms with van der Waals surface area (Å²) in [6.45, 7) is 6.53. The van der Waals surface area contributed by atoms with E-state index in [4.69, 9.17) is 0 Å². The summed E-state index contributed by atoms with van der Waals surface area (Å²) in [4.78, 5) is 0. The maximum absolute atomic E-state index is 10.3. The molecule has 0 aromatic heterocycles. The first kappa shape index (κ1) is 14.9. The van der Waals surface area contributed by atoms with Gasteiger partial charge >= 0.3 is 0 Å². The zero-order valence-corrected chi connectivity index (χ0v) is 13.5. The molecule has 0 spiro atoms. The molecule has 2 N–H and O–H groups in total. The molecule has 116 valence electrons. The van der Waals surface area contributed by atoms with Crippen molar-refractivity contribution in [2.75, 3.05) is 0 Å². The highest BCUT2D eigenvalue weighted by Crippen LogP contribution is 2.57. The molecule has 5 atom stereocenters. The number of phenolic OH excluding ortho intramolecular Hbond substituents is 1. The van der Waals surface area contributed by atoms with E-state index in [1.54, 1.807) is 0 Å². The topological polar surface area (TPSA) is 40.5 Å². The van der Waals surface area contributed by atoms with Crippen molar-refractivity contribution in [1.29, 1.82) is 0 Å². The van der Waals surface area contributed by atoms with Crippen molar-refractivity contribution in [3.8, 4) is 5.75 Å². The summed E-state index contributed by atoms with van der Waals surface area (Å²) in [5.41, 5.74) is 2.85. The maximum atomic E-state index is 10.3. The molecule has 0 heterocycles. The van der Waals surface area contributed by atoms with Crippen LogP contribution in [0.25, 0.3) is 0 Å². The van der Waals surface area contributed by atoms with E-state index in [1.165, 1.54) is 24.0 Å². The average Bonchev–Trinajstić information content (AvgIpc) is 2.46. The third-order valence-electron chi connectivity index (χ3n) is 6.54. The predicted octanol–water partition coefficient (Wildman–Crippen LogP) is 4.25. The van der Waals surface area contributed by atoms with Crippen LogP contribution in [-0.4, -0.2) is 16.3 Å². The van der Waals surface area contributed by atoms with Crippen LogP contribution in [0.3, 0.4) is 0 Å². The van der Waals surface area contributed by atoms with E-state index in [2.05, 4.69) is 19.9 Å². The minimum atomic E-state index is -0.232. The van der Waals surface area contributed by atoms with Gasteiger partial charge in [-0.25, -0.2) is 0 Å². The molecule has 21 heavy (non-hydrogen) atoms. The first-order chi connectivity index (χ1) is 9.97. The van der Waals surface area contributed by atoms with Crippen LogP contribution >= 0.6 is 0 Å². The van der Waals surface area contributed by atoms with E-state index >= 15 is 0 Å². The van der Waals surface area contributed by atoms with Crippen molar-refractivity contribution in [3.05, 3.63) is 29.3 Å². The van der Waals surface area contributed by atoms with Gasteiger partial charge in [-0.3, -0.25) is 0 Å². The van der Waals surface area contributed by atoms with E-state index in [0.29, 0.717) is 23.5 Å². The molecule has 1 aromatic carbocycles. The average molecular weight is 288 g/mol. The summed E-state index contributed by atoms with van der Waals surface area (Å²) >= 11 is 0. The molecule has 2 nitrogen and oxygen atoms in total. The number of hydrogen-bond donors (Lipinski definition) is 2. The zero-order valence-electron chi connectivity index (χ0n) is 13.5. The second-order valence-corrected chi connectivity index (χ2v) is 7.43. The molecule has 2 aliphatic carbocycles. The summed E-state index contributed by atoms with van der Waals surface area (Å²) < 4.78 is 0. The summed E-state index contributed by atoms with van der Waals surface area (Å²) in [6, 6.07) is 5.93. The van der Waals surface area contributed by atoms with Crippen molar-refractivity contribution in [2.24, 2.45) is 17.3 Å². The molecule has 1 saturated carbocycles. The Morgan fingerprint density at radius 3 is 2.76 bits per heavy atom. The number of hydrogen-bond acceptors (Lipinski definition) is 2. The summed E-state index contributed by atoms with van der Waals surface area (Å²) in [5.74, 6) is 2.29. The molecule has 0 aliphatic heterocycles. The Labute approximate surface area is 128 Å². The third-order valence-corrected chi connectivity index (χ3v) is 6.54. The van der Waals surface area contributed by atoms with Gasteiger partial charge in [-0.1, -0.05) is 26.3 Å². The predicted molar refractivity (Wildman–Crippen MR) is 85.5 cm³/mol.